The number of benzene rings is 3. The summed E-state index contributed by atoms with van der Waals surface area (Å²) >= 11 is 0. The third kappa shape index (κ3) is 5.65. The average Bonchev–Trinajstić information content (AvgIpc) is 3.39. The average molecular weight is 530 g/mol. The number of likely N-dealkylation sites (tertiary alicyclic amines) is 1. The van der Waals surface area contributed by atoms with E-state index >= 15 is 0 Å². The molecule has 38 heavy (non-hydrogen) atoms. The van der Waals surface area contributed by atoms with Gasteiger partial charge in [-0.05, 0) is 73.2 Å². The van der Waals surface area contributed by atoms with Crippen LogP contribution in [0.1, 0.15) is 46.8 Å². The number of anilines is 1. The van der Waals surface area contributed by atoms with Gasteiger partial charge in [-0.15, -0.1) is 0 Å². The molecule has 2 N–H and O–H groups in total. The van der Waals surface area contributed by atoms with E-state index in [-0.39, 0.29) is 28.9 Å². The number of aryl methyl sites for hydroxylation is 1. The van der Waals surface area contributed by atoms with Crippen molar-refractivity contribution in [1.29, 1.82) is 0 Å². The lowest BCUT2D eigenvalue weighted by atomic mass is 9.89. The summed E-state index contributed by atoms with van der Waals surface area (Å²) in [5.41, 5.74) is 4.56. The van der Waals surface area contributed by atoms with Crippen molar-refractivity contribution < 1.29 is 18.0 Å². The number of piperidine rings is 1. The Balaban J connectivity index is 1.12. The molecule has 2 heterocycles. The molecule has 196 valence electrons. The standard InChI is InChI=1S/C30H31N3O4S/c1-21-6-5-9-27-26(21)20-28(32-27)30(35)33-17-14-23(15-18-33)22-10-12-24(13-11-22)31-29(34)16-19-38(36,37)25-7-3-2-4-8-25/h2-13,20,23,32H,14-19H2,1H3,(H,31,34). The summed E-state index contributed by atoms with van der Waals surface area (Å²) in [5.74, 6) is -0.205. The van der Waals surface area contributed by atoms with Gasteiger partial charge in [-0.25, -0.2) is 8.42 Å². The fourth-order valence-corrected chi connectivity index (χ4v) is 6.30. The topological polar surface area (TPSA) is 99.3 Å². The molecular weight excluding hydrogens is 498 g/mol. The summed E-state index contributed by atoms with van der Waals surface area (Å²) in [6.07, 6.45) is 1.63. The summed E-state index contributed by atoms with van der Waals surface area (Å²) in [6, 6.07) is 23.8. The minimum absolute atomic E-state index is 0.0337. The molecule has 3 aromatic carbocycles. The fraction of sp³-hybridized carbons (Fsp3) is 0.267. The first-order valence-corrected chi connectivity index (χ1v) is 14.5. The zero-order valence-electron chi connectivity index (χ0n) is 21.3. The van der Waals surface area contributed by atoms with Gasteiger partial charge in [-0.3, -0.25) is 9.59 Å². The second-order valence-corrected chi connectivity index (χ2v) is 11.9. The molecule has 0 atom stereocenters. The van der Waals surface area contributed by atoms with Crippen LogP contribution >= 0.6 is 0 Å². The number of fused-ring (bicyclic) bond motifs is 1. The third-order valence-electron chi connectivity index (χ3n) is 7.26. The minimum atomic E-state index is -3.50. The van der Waals surface area contributed by atoms with Crippen LogP contribution in [-0.4, -0.2) is 49.0 Å². The Morgan fingerprint density at radius 3 is 2.34 bits per heavy atom. The van der Waals surface area contributed by atoms with Crippen molar-refractivity contribution in [3.05, 3.63) is 95.7 Å². The van der Waals surface area contributed by atoms with Crippen molar-refractivity contribution in [2.24, 2.45) is 0 Å². The first-order chi connectivity index (χ1) is 18.3. The van der Waals surface area contributed by atoms with Crippen molar-refractivity contribution in [3.63, 3.8) is 0 Å². The predicted molar refractivity (Wildman–Crippen MR) is 149 cm³/mol. The zero-order chi connectivity index (χ0) is 26.7. The molecule has 1 aliphatic rings. The molecule has 5 rings (SSSR count). The number of amides is 2. The highest BCUT2D eigenvalue weighted by molar-refractivity contribution is 7.91. The molecule has 1 fully saturated rings. The highest BCUT2D eigenvalue weighted by Crippen LogP contribution is 2.30. The summed E-state index contributed by atoms with van der Waals surface area (Å²) in [4.78, 5) is 30.8. The Bertz CT molecular complexity index is 1550. The van der Waals surface area contributed by atoms with E-state index in [1.165, 1.54) is 17.7 Å². The molecule has 0 unspecified atom stereocenters. The molecule has 1 saturated heterocycles. The smallest absolute Gasteiger partial charge is 0.270 e. The van der Waals surface area contributed by atoms with E-state index in [0.29, 0.717) is 30.4 Å². The summed E-state index contributed by atoms with van der Waals surface area (Å²) in [7, 11) is -3.50. The lowest BCUT2D eigenvalue weighted by Crippen LogP contribution is -2.38. The van der Waals surface area contributed by atoms with Crippen molar-refractivity contribution >= 4 is 38.2 Å². The van der Waals surface area contributed by atoms with Crippen LogP contribution in [0.4, 0.5) is 5.69 Å². The van der Waals surface area contributed by atoms with Gasteiger partial charge in [-0.1, -0.05) is 42.5 Å². The van der Waals surface area contributed by atoms with Gasteiger partial charge in [0.1, 0.15) is 5.69 Å². The Morgan fingerprint density at radius 1 is 0.947 bits per heavy atom. The van der Waals surface area contributed by atoms with Gasteiger partial charge in [0.05, 0.1) is 10.6 Å². The summed E-state index contributed by atoms with van der Waals surface area (Å²) in [5, 5.41) is 3.87. The summed E-state index contributed by atoms with van der Waals surface area (Å²) < 4.78 is 24.8. The maximum absolute atomic E-state index is 13.1. The van der Waals surface area contributed by atoms with Crippen molar-refractivity contribution in [3.8, 4) is 0 Å². The van der Waals surface area contributed by atoms with Crippen molar-refractivity contribution in [1.82, 2.24) is 9.88 Å². The maximum atomic E-state index is 13.1. The van der Waals surface area contributed by atoms with E-state index in [1.54, 1.807) is 18.2 Å². The Kier molecular flexibility index (Phi) is 7.33. The van der Waals surface area contributed by atoms with Crippen LogP contribution in [0.2, 0.25) is 0 Å². The van der Waals surface area contributed by atoms with Crippen molar-refractivity contribution in [2.45, 2.75) is 37.0 Å². The second kappa shape index (κ2) is 10.8. The molecule has 4 aromatic rings. The third-order valence-corrected chi connectivity index (χ3v) is 8.99. The normalized spacial score (nSPS) is 14.5. The lowest BCUT2D eigenvalue weighted by molar-refractivity contribution is -0.115. The largest absolute Gasteiger partial charge is 0.351 e. The SMILES string of the molecule is Cc1cccc2[nH]c(C(=O)N3CCC(c4ccc(NC(=O)CCS(=O)(=O)c5ccccc5)cc4)CC3)cc12. The molecule has 0 aliphatic carbocycles. The van der Waals surface area contributed by atoms with Crippen LogP contribution in [0.15, 0.2) is 83.8 Å². The van der Waals surface area contributed by atoms with Gasteiger partial charge >= 0.3 is 0 Å². The Morgan fingerprint density at radius 2 is 1.66 bits per heavy atom. The van der Waals surface area contributed by atoms with Crippen LogP contribution in [0, 0.1) is 6.92 Å². The predicted octanol–water partition coefficient (Wildman–Crippen LogP) is 5.30. The number of H-pyrrole nitrogens is 1. The van der Waals surface area contributed by atoms with Crippen LogP contribution in [0.5, 0.6) is 0 Å². The van der Waals surface area contributed by atoms with E-state index in [4.69, 9.17) is 0 Å². The number of hydrogen-bond donors (Lipinski definition) is 2. The van der Waals surface area contributed by atoms with Crippen LogP contribution in [-0.2, 0) is 14.6 Å². The van der Waals surface area contributed by atoms with E-state index in [2.05, 4.69) is 10.3 Å². The van der Waals surface area contributed by atoms with Gasteiger partial charge < -0.3 is 15.2 Å². The number of rotatable bonds is 7. The van der Waals surface area contributed by atoms with E-state index in [1.807, 2.05) is 60.4 Å². The van der Waals surface area contributed by atoms with E-state index < -0.39 is 9.84 Å². The molecular formula is C30H31N3O4S. The van der Waals surface area contributed by atoms with Gasteiger partial charge in [0.2, 0.25) is 5.91 Å². The molecule has 0 saturated carbocycles. The number of nitrogens with one attached hydrogen (secondary N) is 2. The van der Waals surface area contributed by atoms with Gasteiger partial charge in [0.15, 0.2) is 9.84 Å². The quantitative estimate of drug-likeness (QED) is 0.339. The van der Waals surface area contributed by atoms with E-state index in [9.17, 15) is 18.0 Å². The first-order valence-electron chi connectivity index (χ1n) is 12.9. The number of carbonyl (C=O) groups excluding carboxylic acids is 2. The molecule has 0 spiro atoms. The Labute approximate surface area is 222 Å². The fourth-order valence-electron chi connectivity index (χ4n) is 5.04. The second-order valence-electron chi connectivity index (χ2n) is 9.84. The number of aromatic amines is 1. The zero-order valence-corrected chi connectivity index (χ0v) is 22.1. The van der Waals surface area contributed by atoms with Gasteiger partial charge in [0.25, 0.3) is 5.91 Å². The molecule has 2 amide bonds. The van der Waals surface area contributed by atoms with E-state index in [0.717, 1.165) is 29.3 Å². The monoisotopic (exact) mass is 529 g/mol. The molecule has 8 heteroatoms. The Hall–Kier alpha value is -3.91. The summed E-state index contributed by atoms with van der Waals surface area (Å²) in [6.45, 7) is 3.42. The number of aromatic nitrogens is 1. The van der Waals surface area contributed by atoms with Crippen LogP contribution in [0.3, 0.4) is 0 Å². The van der Waals surface area contributed by atoms with Gasteiger partial charge in [-0.2, -0.15) is 0 Å². The number of hydrogen-bond acceptors (Lipinski definition) is 4. The number of sulfone groups is 1. The molecule has 0 radical (unpaired) electrons. The first kappa shape index (κ1) is 25.7. The number of nitrogens with zero attached hydrogens (tertiary/aromatic N) is 1. The highest BCUT2D eigenvalue weighted by Gasteiger charge is 2.25. The van der Waals surface area contributed by atoms with Crippen LogP contribution < -0.4 is 5.32 Å². The molecule has 7 nitrogen and oxygen atoms in total. The minimum Gasteiger partial charge on any atom is -0.351 e. The number of carbonyl (C=O) groups is 2. The molecule has 1 aliphatic heterocycles. The van der Waals surface area contributed by atoms with Crippen LogP contribution in [0.25, 0.3) is 10.9 Å². The van der Waals surface area contributed by atoms with Crippen molar-refractivity contribution in [2.75, 3.05) is 24.2 Å². The van der Waals surface area contributed by atoms with Gasteiger partial charge in [0, 0.05) is 36.1 Å². The molecule has 1 aromatic heterocycles. The molecule has 0 bridgehead atoms. The maximum Gasteiger partial charge on any atom is 0.270 e. The lowest BCUT2D eigenvalue weighted by Gasteiger charge is -2.32. The highest BCUT2D eigenvalue weighted by atomic mass is 32.2.